The Hall–Kier alpha value is -3.36. The predicted octanol–water partition coefficient (Wildman–Crippen LogP) is 6.35. The highest BCUT2D eigenvalue weighted by atomic mass is 32.1. The molecule has 2 aromatic carbocycles. The Morgan fingerprint density at radius 3 is 2.50 bits per heavy atom. The summed E-state index contributed by atoms with van der Waals surface area (Å²) in [5.41, 5.74) is 6.65. The lowest BCUT2D eigenvalue weighted by Gasteiger charge is -2.31. The summed E-state index contributed by atoms with van der Waals surface area (Å²) in [7, 11) is 0. The molecule has 36 heavy (non-hydrogen) atoms. The molecule has 0 unspecified atom stereocenters. The fourth-order valence-corrected chi connectivity index (χ4v) is 5.38. The first kappa shape index (κ1) is 24.3. The molecule has 4 aromatic rings. The van der Waals surface area contributed by atoms with Crippen molar-refractivity contribution in [2.75, 3.05) is 49.7 Å². The van der Waals surface area contributed by atoms with Crippen LogP contribution in [-0.2, 0) is 4.74 Å². The number of hydrogen-bond donors (Lipinski definition) is 1. The van der Waals surface area contributed by atoms with E-state index < -0.39 is 0 Å². The van der Waals surface area contributed by atoms with E-state index in [1.807, 2.05) is 19.9 Å². The van der Waals surface area contributed by atoms with Crippen molar-refractivity contribution in [2.45, 2.75) is 27.7 Å². The van der Waals surface area contributed by atoms with Gasteiger partial charge in [0.25, 0.3) is 0 Å². The topological polar surface area (TPSA) is 68.7 Å². The molecule has 0 amide bonds. The molecule has 1 aliphatic heterocycles. The number of aromatic nitrogens is 2. The zero-order valence-electron chi connectivity index (χ0n) is 21.3. The average Bonchev–Trinajstić information content (AvgIpc) is 3.33. The van der Waals surface area contributed by atoms with Gasteiger partial charge in [0.05, 0.1) is 43.2 Å². The molecule has 0 spiro atoms. The summed E-state index contributed by atoms with van der Waals surface area (Å²) in [5.74, 6) is 2.32. The molecule has 7 nitrogen and oxygen atoms in total. The number of morpholine rings is 1. The van der Waals surface area contributed by atoms with Gasteiger partial charge in [-0.3, -0.25) is 0 Å². The number of benzene rings is 2. The number of ether oxygens (including phenoxy) is 3. The summed E-state index contributed by atoms with van der Waals surface area (Å²) >= 11 is 1.62. The molecular weight excluding hydrogens is 472 g/mol. The van der Waals surface area contributed by atoms with E-state index in [0.717, 1.165) is 63.1 Å². The maximum atomic E-state index is 6.09. The van der Waals surface area contributed by atoms with Crippen molar-refractivity contribution in [3.63, 3.8) is 0 Å². The van der Waals surface area contributed by atoms with Gasteiger partial charge in [-0.05, 0) is 44.4 Å². The van der Waals surface area contributed by atoms with Crippen LogP contribution in [0.15, 0.2) is 42.0 Å². The van der Waals surface area contributed by atoms with Crippen molar-refractivity contribution in [3.05, 3.63) is 53.2 Å². The Balaban J connectivity index is 1.59. The normalized spacial score (nSPS) is 13.7. The first-order valence-electron chi connectivity index (χ1n) is 12.4. The molecule has 1 aliphatic rings. The van der Waals surface area contributed by atoms with E-state index in [1.54, 1.807) is 17.7 Å². The highest BCUT2D eigenvalue weighted by Gasteiger charge is 2.21. The maximum absolute atomic E-state index is 6.09. The van der Waals surface area contributed by atoms with Gasteiger partial charge in [0.15, 0.2) is 0 Å². The van der Waals surface area contributed by atoms with Gasteiger partial charge in [0.2, 0.25) is 0 Å². The molecule has 8 heteroatoms. The molecule has 3 heterocycles. The van der Waals surface area contributed by atoms with Gasteiger partial charge in [0.1, 0.15) is 28.5 Å². The Bertz CT molecular complexity index is 1360. The molecular formula is C28H32N4O3S. The van der Waals surface area contributed by atoms with E-state index in [1.165, 1.54) is 11.1 Å². The maximum Gasteiger partial charge on any atom is 0.145 e. The van der Waals surface area contributed by atoms with Crippen LogP contribution in [0.25, 0.3) is 21.3 Å². The summed E-state index contributed by atoms with van der Waals surface area (Å²) in [6, 6.07) is 10.6. The minimum absolute atomic E-state index is 0.552. The van der Waals surface area contributed by atoms with Crippen molar-refractivity contribution in [2.24, 2.45) is 0 Å². The molecule has 2 aromatic heterocycles. The van der Waals surface area contributed by atoms with E-state index in [9.17, 15) is 0 Å². The second-order valence-corrected chi connectivity index (χ2v) is 9.62. The van der Waals surface area contributed by atoms with E-state index in [4.69, 9.17) is 14.2 Å². The zero-order valence-corrected chi connectivity index (χ0v) is 22.1. The fourth-order valence-electron chi connectivity index (χ4n) is 4.46. The van der Waals surface area contributed by atoms with E-state index in [0.29, 0.717) is 26.4 Å². The van der Waals surface area contributed by atoms with Crippen LogP contribution in [0.5, 0.6) is 11.5 Å². The molecule has 0 radical (unpaired) electrons. The summed E-state index contributed by atoms with van der Waals surface area (Å²) < 4.78 is 17.7. The predicted molar refractivity (Wildman–Crippen MR) is 147 cm³/mol. The van der Waals surface area contributed by atoms with Gasteiger partial charge in [0, 0.05) is 36.2 Å². The summed E-state index contributed by atoms with van der Waals surface area (Å²) in [5, 5.41) is 6.72. The van der Waals surface area contributed by atoms with Crippen molar-refractivity contribution in [1.29, 1.82) is 0 Å². The molecule has 0 bridgehead atoms. The third-order valence-electron chi connectivity index (χ3n) is 6.45. The molecule has 5 rings (SSSR count). The third-order valence-corrected chi connectivity index (χ3v) is 7.34. The Morgan fingerprint density at radius 1 is 0.972 bits per heavy atom. The van der Waals surface area contributed by atoms with Crippen LogP contribution in [0.1, 0.15) is 25.0 Å². The standard InChI is InChI=1S/C28H32N4O3S/c1-5-34-24-15-23(32-9-11-33-12-10-32)25(35-6-2)14-22(24)31-27-26-21(16-36-28(26)30-17-29-27)20-8-7-18(3)19(4)13-20/h7-8,13-17H,5-6,9-12H2,1-4H3,(H,29,30,31). The lowest BCUT2D eigenvalue weighted by Crippen LogP contribution is -2.36. The van der Waals surface area contributed by atoms with Crippen LogP contribution in [0, 0.1) is 13.8 Å². The third kappa shape index (κ3) is 4.83. The highest BCUT2D eigenvalue weighted by Crippen LogP contribution is 2.43. The molecule has 0 saturated carbocycles. The van der Waals surface area contributed by atoms with Crippen molar-refractivity contribution in [1.82, 2.24) is 9.97 Å². The van der Waals surface area contributed by atoms with Crippen LogP contribution in [-0.4, -0.2) is 49.5 Å². The summed E-state index contributed by atoms with van der Waals surface area (Å²) in [6.07, 6.45) is 1.61. The largest absolute Gasteiger partial charge is 0.492 e. The van der Waals surface area contributed by atoms with Gasteiger partial charge in [-0.15, -0.1) is 11.3 Å². The van der Waals surface area contributed by atoms with Crippen LogP contribution < -0.4 is 19.7 Å². The van der Waals surface area contributed by atoms with Crippen molar-refractivity contribution < 1.29 is 14.2 Å². The van der Waals surface area contributed by atoms with Gasteiger partial charge in [-0.25, -0.2) is 9.97 Å². The van der Waals surface area contributed by atoms with Crippen molar-refractivity contribution >= 4 is 38.7 Å². The molecule has 1 N–H and O–H groups in total. The first-order valence-corrected chi connectivity index (χ1v) is 13.3. The summed E-state index contributed by atoms with van der Waals surface area (Å²) in [4.78, 5) is 12.4. The minimum atomic E-state index is 0.552. The zero-order chi connectivity index (χ0) is 25.1. The number of aryl methyl sites for hydroxylation is 2. The van der Waals surface area contributed by atoms with E-state index in [2.05, 4.69) is 63.7 Å². The number of anilines is 3. The highest BCUT2D eigenvalue weighted by molar-refractivity contribution is 7.17. The van der Waals surface area contributed by atoms with Crippen LogP contribution in [0.2, 0.25) is 0 Å². The average molecular weight is 505 g/mol. The van der Waals surface area contributed by atoms with Crippen molar-refractivity contribution in [3.8, 4) is 22.6 Å². The summed E-state index contributed by atoms with van der Waals surface area (Å²) in [6.45, 7) is 12.4. The lowest BCUT2D eigenvalue weighted by molar-refractivity contribution is 0.122. The van der Waals surface area contributed by atoms with Gasteiger partial charge in [-0.2, -0.15) is 0 Å². The molecule has 1 fully saturated rings. The van der Waals surface area contributed by atoms with Crippen LogP contribution >= 0.6 is 11.3 Å². The Kier molecular flexibility index (Phi) is 7.25. The lowest BCUT2D eigenvalue weighted by atomic mass is 10.0. The molecule has 0 aliphatic carbocycles. The number of fused-ring (bicyclic) bond motifs is 1. The van der Waals surface area contributed by atoms with E-state index >= 15 is 0 Å². The Labute approximate surface area is 216 Å². The number of thiophene rings is 1. The number of rotatable bonds is 8. The first-order chi connectivity index (χ1) is 17.6. The smallest absolute Gasteiger partial charge is 0.145 e. The van der Waals surface area contributed by atoms with Crippen LogP contribution in [0.4, 0.5) is 17.2 Å². The SMILES string of the molecule is CCOc1cc(N2CCOCC2)c(OCC)cc1Nc1ncnc2scc(-c3ccc(C)c(C)c3)c12. The minimum Gasteiger partial charge on any atom is -0.492 e. The van der Waals surface area contributed by atoms with Crippen LogP contribution in [0.3, 0.4) is 0 Å². The number of nitrogens with zero attached hydrogens (tertiary/aromatic N) is 3. The van der Waals surface area contributed by atoms with Gasteiger partial charge in [-0.1, -0.05) is 18.2 Å². The number of hydrogen-bond acceptors (Lipinski definition) is 8. The van der Waals surface area contributed by atoms with E-state index in [-0.39, 0.29) is 0 Å². The monoisotopic (exact) mass is 504 g/mol. The number of nitrogens with one attached hydrogen (secondary N) is 1. The Morgan fingerprint density at radius 2 is 1.75 bits per heavy atom. The second kappa shape index (κ2) is 10.7. The molecule has 188 valence electrons. The molecule has 1 saturated heterocycles. The quantitative estimate of drug-likeness (QED) is 0.300. The molecule has 0 atom stereocenters. The van der Waals surface area contributed by atoms with Gasteiger partial charge >= 0.3 is 0 Å². The fraction of sp³-hybridized carbons (Fsp3) is 0.357. The van der Waals surface area contributed by atoms with Gasteiger partial charge < -0.3 is 24.4 Å². The second-order valence-electron chi connectivity index (χ2n) is 8.76.